The van der Waals surface area contributed by atoms with Crippen molar-refractivity contribution in [2.24, 2.45) is 0 Å². The number of hydrogen-bond acceptors (Lipinski definition) is 0. The van der Waals surface area contributed by atoms with Crippen LogP contribution < -0.4 is 4.57 Å². The van der Waals surface area contributed by atoms with Crippen LogP contribution in [0.25, 0.3) is 11.4 Å². The Morgan fingerprint density at radius 2 is 1.29 bits per heavy atom. The average Bonchev–Trinajstić information content (AvgIpc) is 3.22. The van der Waals surface area contributed by atoms with Crippen LogP contribution in [0.1, 0.15) is 76.7 Å². The first-order chi connectivity index (χ1) is 15.4. The summed E-state index contributed by atoms with van der Waals surface area (Å²) in [5.41, 5.74) is 2.75. The molecule has 166 valence electrons. The van der Waals surface area contributed by atoms with E-state index in [1.807, 2.05) is 0 Å². The molecule has 2 heteroatoms. The lowest BCUT2D eigenvalue weighted by atomic mass is 10.1. The fourth-order valence-electron chi connectivity index (χ4n) is 4.44. The van der Waals surface area contributed by atoms with Gasteiger partial charge < -0.3 is 0 Å². The summed E-state index contributed by atoms with van der Waals surface area (Å²) in [5, 5.41) is 0. The molecule has 3 rings (SSSR count). The highest BCUT2D eigenvalue weighted by Crippen LogP contribution is 2.18. The minimum Gasteiger partial charge on any atom is -0.230 e. The van der Waals surface area contributed by atoms with Crippen molar-refractivity contribution in [1.29, 1.82) is 0 Å². The standard InChI is InChI=1S/C29H41N2/c1-2-3-4-5-6-7-8-9-16-23-30-25-26-31(29(30)28-21-14-11-15-22-28)24-17-20-27-18-12-10-13-19-27/h10-15,18-19,21-22,25-26H,2-9,16-17,20,23-24H2,1H3/q+1. The summed E-state index contributed by atoms with van der Waals surface area (Å²) in [7, 11) is 0. The van der Waals surface area contributed by atoms with Crippen LogP contribution >= 0.6 is 0 Å². The molecule has 31 heavy (non-hydrogen) atoms. The van der Waals surface area contributed by atoms with Gasteiger partial charge in [0.2, 0.25) is 0 Å². The first kappa shape index (κ1) is 23.3. The fourth-order valence-corrected chi connectivity index (χ4v) is 4.44. The van der Waals surface area contributed by atoms with Crippen molar-refractivity contribution in [3.8, 4) is 11.4 Å². The van der Waals surface area contributed by atoms with Gasteiger partial charge in [-0.3, -0.25) is 0 Å². The van der Waals surface area contributed by atoms with E-state index in [9.17, 15) is 0 Å². The molecule has 0 radical (unpaired) electrons. The van der Waals surface area contributed by atoms with Crippen molar-refractivity contribution in [3.63, 3.8) is 0 Å². The van der Waals surface area contributed by atoms with E-state index in [4.69, 9.17) is 0 Å². The first-order valence-electron chi connectivity index (χ1n) is 12.6. The highest BCUT2D eigenvalue weighted by molar-refractivity contribution is 5.52. The second kappa shape index (κ2) is 13.9. The van der Waals surface area contributed by atoms with E-state index in [2.05, 4.69) is 89.1 Å². The Kier molecular flexibility index (Phi) is 10.4. The predicted octanol–water partition coefficient (Wildman–Crippen LogP) is 7.61. The topological polar surface area (TPSA) is 8.81 Å². The summed E-state index contributed by atoms with van der Waals surface area (Å²) >= 11 is 0. The van der Waals surface area contributed by atoms with Crippen LogP contribution in [0.3, 0.4) is 0 Å². The van der Waals surface area contributed by atoms with Gasteiger partial charge in [-0.25, -0.2) is 9.13 Å². The lowest BCUT2D eigenvalue weighted by Crippen LogP contribution is -2.35. The molecule has 0 unspecified atom stereocenters. The van der Waals surface area contributed by atoms with Gasteiger partial charge in [0.25, 0.3) is 5.82 Å². The van der Waals surface area contributed by atoms with Gasteiger partial charge >= 0.3 is 0 Å². The summed E-state index contributed by atoms with van der Waals surface area (Å²) in [6.07, 6.45) is 19.3. The van der Waals surface area contributed by atoms with Crippen molar-refractivity contribution >= 4 is 0 Å². The number of rotatable bonds is 15. The molecular weight excluding hydrogens is 376 g/mol. The molecule has 0 atom stereocenters. The van der Waals surface area contributed by atoms with Gasteiger partial charge in [-0.1, -0.05) is 100 Å². The molecule has 2 aromatic carbocycles. The molecule has 0 amide bonds. The van der Waals surface area contributed by atoms with Crippen molar-refractivity contribution in [2.45, 2.75) is 90.6 Å². The SMILES string of the molecule is CCCCCCCCCCCn1cc[n+](CCCc2ccccc2)c1-c1ccccc1. The number of aryl methyl sites for hydroxylation is 3. The highest BCUT2D eigenvalue weighted by atomic mass is 15.1. The van der Waals surface area contributed by atoms with Crippen LogP contribution in [0.2, 0.25) is 0 Å². The summed E-state index contributed by atoms with van der Waals surface area (Å²) in [6.45, 7) is 4.47. The maximum atomic E-state index is 2.47. The lowest BCUT2D eigenvalue weighted by Gasteiger charge is -2.07. The molecule has 3 aromatic rings. The number of hydrogen-bond donors (Lipinski definition) is 0. The Morgan fingerprint density at radius 1 is 0.677 bits per heavy atom. The van der Waals surface area contributed by atoms with Gasteiger partial charge in [0.05, 0.1) is 18.7 Å². The number of unbranched alkanes of at least 4 members (excludes halogenated alkanes) is 8. The average molecular weight is 418 g/mol. The molecule has 0 saturated heterocycles. The van der Waals surface area contributed by atoms with Crippen molar-refractivity contribution in [1.82, 2.24) is 4.57 Å². The van der Waals surface area contributed by atoms with E-state index < -0.39 is 0 Å². The van der Waals surface area contributed by atoms with Crippen LogP contribution in [0.15, 0.2) is 73.1 Å². The Labute approximate surface area is 190 Å². The van der Waals surface area contributed by atoms with Crippen LogP contribution in [-0.4, -0.2) is 4.57 Å². The molecule has 0 fully saturated rings. The van der Waals surface area contributed by atoms with Gasteiger partial charge in [0, 0.05) is 0 Å². The van der Waals surface area contributed by atoms with Crippen LogP contribution in [0, 0.1) is 0 Å². The maximum absolute atomic E-state index is 2.47. The minimum absolute atomic E-state index is 1.06. The fraction of sp³-hybridized carbons (Fsp3) is 0.483. The van der Waals surface area contributed by atoms with Gasteiger partial charge in [0.15, 0.2) is 0 Å². The Bertz CT molecular complexity index is 836. The molecule has 1 aromatic heterocycles. The van der Waals surface area contributed by atoms with E-state index in [0.29, 0.717) is 0 Å². The molecule has 0 aliphatic heterocycles. The van der Waals surface area contributed by atoms with E-state index in [1.54, 1.807) is 0 Å². The zero-order valence-electron chi connectivity index (χ0n) is 19.5. The third-order valence-electron chi connectivity index (χ3n) is 6.21. The molecule has 0 saturated carbocycles. The van der Waals surface area contributed by atoms with Crippen LogP contribution in [0.4, 0.5) is 0 Å². The Hall–Kier alpha value is -2.35. The largest absolute Gasteiger partial charge is 0.288 e. The molecule has 0 spiro atoms. The van der Waals surface area contributed by atoms with Crippen molar-refractivity contribution in [2.75, 3.05) is 0 Å². The third-order valence-corrected chi connectivity index (χ3v) is 6.21. The zero-order valence-corrected chi connectivity index (χ0v) is 19.5. The number of benzene rings is 2. The van der Waals surface area contributed by atoms with Crippen molar-refractivity contribution in [3.05, 3.63) is 78.6 Å². The zero-order chi connectivity index (χ0) is 21.6. The minimum atomic E-state index is 1.06. The maximum Gasteiger partial charge on any atom is 0.288 e. The summed E-state index contributed by atoms with van der Waals surface area (Å²) in [5.74, 6) is 1.35. The molecule has 0 aliphatic rings. The molecule has 0 bridgehead atoms. The lowest BCUT2D eigenvalue weighted by molar-refractivity contribution is -0.685. The van der Waals surface area contributed by atoms with Gasteiger partial charge in [-0.05, 0) is 43.4 Å². The summed E-state index contributed by atoms with van der Waals surface area (Å²) in [6, 6.07) is 21.7. The van der Waals surface area contributed by atoms with E-state index in [1.165, 1.54) is 74.7 Å². The van der Waals surface area contributed by atoms with E-state index in [-0.39, 0.29) is 0 Å². The third kappa shape index (κ3) is 8.01. The van der Waals surface area contributed by atoms with Crippen molar-refractivity contribution < 1.29 is 4.57 Å². The monoisotopic (exact) mass is 417 g/mol. The second-order valence-electron chi connectivity index (χ2n) is 8.79. The molecule has 0 N–H and O–H groups in total. The van der Waals surface area contributed by atoms with Crippen LogP contribution in [0.5, 0.6) is 0 Å². The number of aromatic nitrogens is 2. The Balaban J connectivity index is 1.51. The Morgan fingerprint density at radius 3 is 1.97 bits per heavy atom. The smallest absolute Gasteiger partial charge is 0.230 e. The number of imidazole rings is 1. The van der Waals surface area contributed by atoms with E-state index >= 15 is 0 Å². The predicted molar refractivity (Wildman–Crippen MR) is 132 cm³/mol. The highest BCUT2D eigenvalue weighted by Gasteiger charge is 2.18. The van der Waals surface area contributed by atoms with Crippen LogP contribution in [-0.2, 0) is 19.5 Å². The summed E-state index contributed by atoms with van der Waals surface area (Å²) < 4.78 is 4.92. The van der Waals surface area contributed by atoms with Gasteiger partial charge in [-0.2, -0.15) is 0 Å². The summed E-state index contributed by atoms with van der Waals surface area (Å²) in [4.78, 5) is 0. The molecular formula is C29H41N2+. The van der Waals surface area contributed by atoms with Gasteiger partial charge in [-0.15, -0.1) is 0 Å². The number of nitrogens with zero attached hydrogens (tertiary/aromatic N) is 2. The normalized spacial score (nSPS) is 11.1. The second-order valence-corrected chi connectivity index (χ2v) is 8.79. The molecule has 0 aliphatic carbocycles. The molecule has 1 heterocycles. The van der Waals surface area contributed by atoms with E-state index in [0.717, 1.165) is 25.9 Å². The van der Waals surface area contributed by atoms with Gasteiger partial charge in [0.1, 0.15) is 12.4 Å². The first-order valence-corrected chi connectivity index (χ1v) is 12.6. The quantitative estimate of drug-likeness (QED) is 0.178. The molecule has 2 nitrogen and oxygen atoms in total.